The van der Waals surface area contributed by atoms with Crippen LogP contribution in [0.1, 0.15) is 68.4 Å². The van der Waals surface area contributed by atoms with E-state index in [0.29, 0.717) is 35.6 Å². The van der Waals surface area contributed by atoms with Gasteiger partial charge in [0.1, 0.15) is 4.90 Å². The van der Waals surface area contributed by atoms with Crippen LogP contribution < -0.4 is 10.0 Å². The van der Waals surface area contributed by atoms with Crippen LogP contribution in [0.4, 0.5) is 0 Å². The maximum Gasteiger partial charge on any atom is 0.306 e. The van der Waals surface area contributed by atoms with Gasteiger partial charge in [0.15, 0.2) is 5.01 Å². The maximum atomic E-state index is 12.9. The van der Waals surface area contributed by atoms with Crippen LogP contribution in [0.5, 0.6) is 0 Å². The zero-order valence-electron chi connectivity index (χ0n) is 20.2. The smallest absolute Gasteiger partial charge is 0.306 e. The predicted octanol–water partition coefficient (Wildman–Crippen LogP) is 5.13. The minimum Gasteiger partial charge on any atom is -0.481 e. The van der Waals surface area contributed by atoms with Gasteiger partial charge in [-0.2, -0.15) is 0 Å². The van der Waals surface area contributed by atoms with Crippen molar-refractivity contribution in [1.29, 1.82) is 0 Å². The van der Waals surface area contributed by atoms with Crippen molar-refractivity contribution in [2.45, 2.75) is 75.8 Å². The molecule has 1 heterocycles. The third kappa shape index (κ3) is 5.88. The highest BCUT2D eigenvalue weighted by molar-refractivity contribution is 7.89. The Hall–Kier alpha value is -1.72. The molecule has 3 N–H and O–H groups in total. The standard InChI is InChI=1S/C24H29Cl2N3O5S2/c1-24(2,3)29-36(33,34)17-8-7-15(18(25)19(17)26)20-16(9-12-5-4-6-12)28-22(35-20)21(30)27-14-10-13(11-14)23(31)32/h7-8,12-14,29H,4-6,9-11H2,1-3H3,(H,27,30)(H,31,32)/t13-,14-. The molecule has 4 rings (SSSR count). The van der Waals surface area contributed by atoms with E-state index in [0.717, 1.165) is 25.0 Å². The van der Waals surface area contributed by atoms with Crippen LogP contribution in [-0.4, -0.2) is 42.0 Å². The first kappa shape index (κ1) is 27.3. The molecular formula is C24H29Cl2N3O5S2. The zero-order chi connectivity index (χ0) is 26.4. The fourth-order valence-corrected chi connectivity index (χ4v) is 7.70. The minimum absolute atomic E-state index is 0.0854. The van der Waals surface area contributed by atoms with Gasteiger partial charge in [-0.15, -0.1) is 11.3 Å². The SMILES string of the molecule is CC(C)(C)NS(=O)(=O)c1ccc(-c2sc(C(=O)N[C@H]3C[C@H](C(=O)O)C3)nc2CC2CCC2)c(Cl)c1Cl. The first-order valence-electron chi connectivity index (χ1n) is 11.8. The van der Waals surface area contributed by atoms with E-state index in [4.69, 9.17) is 28.3 Å². The van der Waals surface area contributed by atoms with E-state index >= 15 is 0 Å². The van der Waals surface area contributed by atoms with Gasteiger partial charge in [0, 0.05) is 17.1 Å². The molecule has 196 valence electrons. The Kier molecular flexibility index (Phi) is 7.75. The van der Waals surface area contributed by atoms with Crippen molar-refractivity contribution in [2.24, 2.45) is 11.8 Å². The molecule has 2 saturated carbocycles. The number of carbonyl (C=O) groups excluding carboxylic acids is 1. The van der Waals surface area contributed by atoms with Crippen LogP contribution >= 0.6 is 34.5 Å². The number of carbonyl (C=O) groups is 2. The van der Waals surface area contributed by atoms with Crippen LogP contribution in [-0.2, 0) is 21.2 Å². The van der Waals surface area contributed by atoms with E-state index in [1.54, 1.807) is 26.8 Å². The average Bonchev–Trinajstić information content (AvgIpc) is 3.10. The number of aromatic nitrogens is 1. The van der Waals surface area contributed by atoms with E-state index in [-0.39, 0.29) is 31.9 Å². The van der Waals surface area contributed by atoms with Gasteiger partial charge in [-0.25, -0.2) is 18.1 Å². The monoisotopic (exact) mass is 573 g/mol. The number of hydrogen-bond acceptors (Lipinski definition) is 6. The Morgan fingerprint density at radius 1 is 1.17 bits per heavy atom. The predicted molar refractivity (Wildman–Crippen MR) is 140 cm³/mol. The summed E-state index contributed by atoms with van der Waals surface area (Å²) >= 11 is 14.3. The zero-order valence-corrected chi connectivity index (χ0v) is 23.4. The summed E-state index contributed by atoms with van der Waals surface area (Å²) in [6.07, 6.45) is 4.80. The van der Waals surface area contributed by atoms with Crippen molar-refractivity contribution in [1.82, 2.24) is 15.0 Å². The molecule has 0 unspecified atom stereocenters. The summed E-state index contributed by atoms with van der Waals surface area (Å²) in [5.41, 5.74) is 0.554. The fourth-order valence-electron chi connectivity index (χ4n) is 4.33. The number of halogens is 2. The number of nitrogens with zero attached hydrogens (tertiary/aromatic N) is 1. The normalized spacial score (nSPS) is 20.5. The lowest BCUT2D eigenvalue weighted by molar-refractivity contribution is -0.145. The van der Waals surface area contributed by atoms with E-state index < -0.39 is 27.4 Å². The number of carboxylic acids is 1. The molecule has 0 atom stereocenters. The number of carboxylic acid groups (broad SMARTS) is 1. The summed E-state index contributed by atoms with van der Waals surface area (Å²) in [6, 6.07) is 2.83. The summed E-state index contributed by atoms with van der Waals surface area (Å²) in [7, 11) is -3.91. The van der Waals surface area contributed by atoms with Crippen molar-refractivity contribution in [3.05, 3.63) is 32.9 Å². The Morgan fingerprint density at radius 3 is 2.39 bits per heavy atom. The Bertz CT molecular complexity index is 1290. The molecule has 1 amide bonds. The second kappa shape index (κ2) is 10.2. The molecule has 0 radical (unpaired) electrons. The topological polar surface area (TPSA) is 125 Å². The number of hydrogen-bond donors (Lipinski definition) is 3. The molecule has 0 spiro atoms. The van der Waals surface area contributed by atoms with Crippen molar-refractivity contribution in [3.63, 3.8) is 0 Å². The molecule has 0 saturated heterocycles. The second-order valence-electron chi connectivity index (χ2n) is 10.6. The third-order valence-electron chi connectivity index (χ3n) is 6.44. The van der Waals surface area contributed by atoms with Crippen molar-refractivity contribution in [3.8, 4) is 10.4 Å². The summed E-state index contributed by atoms with van der Waals surface area (Å²) in [4.78, 5) is 29.1. The summed E-state index contributed by atoms with van der Waals surface area (Å²) in [6.45, 7) is 5.20. The van der Waals surface area contributed by atoms with Gasteiger partial charge in [0.05, 0.1) is 26.5 Å². The Morgan fingerprint density at radius 2 is 1.83 bits per heavy atom. The molecule has 2 aliphatic carbocycles. The molecule has 0 bridgehead atoms. The van der Waals surface area contributed by atoms with Gasteiger partial charge in [-0.3, -0.25) is 9.59 Å². The highest BCUT2D eigenvalue weighted by atomic mass is 35.5. The van der Waals surface area contributed by atoms with E-state index in [1.165, 1.54) is 17.4 Å². The van der Waals surface area contributed by atoms with Gasteiger partial charge in [0.25, 0.3) is 5.91 Å². The van der Waals surface area contributed by atoms with E-state index in [1.807, 2.05) is 0 Å². The summed E-state index contributed by atoms with van der Waals surface area (Å²) in [5.74, 6) is -1.17. The molecule has 8 nitrogen and oxygen atoms in total. The number of thiazole rings is 1. The first-order chi connectivity index (χ1) is 16.7. The van der Waals surface area contributed by atoms with Crippen LogP contribution in [0.2, 0.25) is 10.0 Å². The second-order valence-corrected chi connectivity index (χ2v) is 14.0. The van der Waals surface area contributed by atoms with Crippen molar-refractivity contribution < 1.29 is 23.1 Å². The van der Waals surface area contributed by atoms with E-state index in [9.17, 15) is 18.0 Å². The van der Waals surface area contributed by atoms with Gasteiger partial charge < -0.3 is 10.4 Å². The van der Waals surface area contributed by atoms with Gasteiger partial charge >= 0.3 is 5.97 Å². The molecule has 36 heavy (non-hydrogen) atoms. The number of rotatable bonds is 8. The third-order valence-corrected chi connectivity index (χ3v) is 10.4. The molecular weight excluding hydrogens is 545 g/mol. The lowest BCUT2D eigenvalue weighted by Gasteiger charge is -2.32. The largest absolute Gasteiger partial charge is 0.481 e. The summed E-state index contributed by atoms with van der Waals surface area (Å²) < 4.78 is 28.3. The Labute approximate surface area is 224 Å². The maximum absolute atomic E-state index is 12.9. The van der Waals surface area contributed by atoms with Crippen molar-refractivity contribution >= 4 is 56.4 Å². The number of sulfonamides is 1. The highest BCUT2D eigenvalue weighted by Gasteiger charge is 2.36. The number of amides is 1. The van der Waals surface area contributed by atoms with Gasteiger partial charge in [-0.05, 0) is 52.0 Å². The molecule has 1 aromatic carbocycles. The minimum atomic E-state index is -3.91. The average molecular weight is 575 g/mol. The molecule has 1 aromatic heterocycles. The van der Waals surface area contributed by atoms with Crippen LogP contribution in [0.25, 0.3) is 10.4 Å². The highest BCUT2D eigenvalue weighted by Crippen LogP contribution is 2.43. The van der Waals surface area contributed by atoms with Crippen LogP contribution in [0.3, 0.4) is 0 Å². The molecule has 2 aliphatic rings. The lowest BCUT2D eigenvalue weighted by atomic mass is 9.80. The molecule has 2 fully saturated rings. The van der Waals surface area contributed by atoms with E-state index in [2.05, 4.69) is 15.0 Å². The van der Waals surface area contributed by atoms with Gasteiger partial charge in [0.2, 0.25) is 10.0 Å². The van der Waals surface area contributed by atoms with Gasteiger partial charge in [-0.1, -0.05) is 48.5 Å². The van der Waals surface area contributed by atoms with Crippen molar-refractivity contribution in [2.75, 3.05) is 0 Å². The summed E-state index contributed by atoms with van der Waals surface area (Å²) in [5, 5.41) is 12.2. The number of nitrogens with one attached hydrogen (secondary N) is 2. The Balaban J connectivity index is 1.64. The first-order valence-corrected chi connectivity index (χ1v) is 14.9. The van der Waals surface area contributed by atoms with Crippen LogP contribution in [0, 0.1) is 11.8 Å². The molecule has 0 aliphatic heterocycles. The quantitative estimate of drug-likeness (QED) is 0.402. The number of aliphatic carboxylic acids is 1. The molecule has 2 aromatic rings. The lowest BCUT2D eigenvalue weighted by Crippen LogP contribution is -2.46. The fraction of sp³-hybridized carbons (Fsp3) is 0.542. The van der Waals surface area contributed by atoms with Crippen LogP contribution in [0.15, 0.2) is 17.0 Å². The number of benzene rings is 1. The molecule has 12 heteroatoms.